The van der Waals surface area contributed by atoms with Gasteiger partial charge in [-0.05, 0) is 105 Å². The summed E-state index contributed by atoms with van der Waals surface area (Å²) in [4.78, 5) is 43.8. The fraction of sp³-hybridized carbons (Fsp3) is 0.500. The predicted octanol–water partition coefficient (Wildman–Crippen LogP) is 4.50. The first kappa shape index (κ1) is 33.0. The molecule has 1 atom stereocenters. The van der Waals surface area contributed by atoms with E-state index >= 15 is 0 Å². The van der Waals surface area contributed by atoms with Crippen LogP contribution in [0.4, 0.5) is 0 Å². The number of carbonyl (C=O) groups is 3. The van der Waals surface area contributed by atoms with E-state index in [2.05, 4.69) is 20.9 Å². The Hall–Kier alpha value is -3.95. The van der Waals surface area contributed by atoms with Gasteiger partial charge in [-0.25, -0.2) is 0 Å². The van der Waals surface area contributed by atoms with Crippen molar-refractivity contribution >= 4 is 17.7 Å². The summed E-state index contributed by atoms with van der Waals surface area (Å²) in [6.07, 6.45) is 11.4. The summed E-state index contributed by atoms with van der Waals surface area (Å²) >= 11 is 0. The molecule has 3 heterocycles. The number of hydrogen-bond acceptors (Lipinski definition) is 5. The van der Waals surface area contributed by atoms with Crippen molar-refractivity contribution in [3.8, 4) is 5.69 Å². The maximum absolute atomic E-state index is 14.0. The van der Waals surface area contributed by atoms with Gasteiger partial charge in [-0.15, -0.1) is 0 Å². The van der Waals surface area contributed by atoms with E-state index in [9.17, 15) is 14.4 Å². The van der Waals surface area contributed by atoms with Gasteiger partial charge in [-0.3, -0.25) is 14.4 Å². The summed E-state index contributed by atoms with van der Waals surface area (Å²) in [5.74, 6) is 0.401. The average Bonchev–Trinajstić information content (AvgIpc) is 3.83. The third kappa shape index (κ3) is 8.70. The molecule has 9 nitrogen and oxygen atoms in total. The lowest BCUT2D eigenvalue weighted by Crippen LogP contribution is -2.61. The van der Waals surface area contributed by atoms with E-state index < -0.39 is 11.6 Å². The van der Waals surface area contributed by atoms with Gasteiger partial charge in [0.15, 0.2) is 0 Å². The van der Waals surface area contributed by atoms with E-state index in [1.165, 1.54) is 0 Å². The molecule has 1 aromatic heterocycles. The highest BCUT2D eigenvalue weighted by atomic mass is 16.5. The lowest BCUT2D eigenvalue weighted by Gasteiger charge is -2.35. The van der Waals surface area contributed by atoms with E-state index in [4.69, 9.17) is 4.74 Å². The van der Waals surface area contributed by atoms with Crippen molar-refractivity contribution in [3.05, 3.63) is 90.3 Å². The van der Waals surface area contributed by atoms with E-state index in [1.807, 2.05) is 71.6 Å². The molecule has 9 heteroatoms. The van der Waals surface area contributed by atoms with Crippen LogP contribution in [0.5, 0.6) is 0 Å². The van der Waals surface area contributed by atoms with Crippen LogP contribution in [0.15, 0.2) is 79.1 Å². The summed E-state index contributed by atoms with van der Waals surface area (Å²) < 4.78 is 7.50. The van der Waals surface area contributed by atoms with Crippen molar-refractivity contribution in [2.24, 2.45) is 11.8 Å². The number of ether oxygens (including phenoxy) is 1. The molecule has 3 N–H and O–H groups in total. The molecule has 0 spiro atoms. The number of likely N-dealkylation sites (tertiary alicyclic amines) is 1. The molecule has 0 bridgehead atoms. The van der Waals surface area contributed by atoms with Crippen LogP contribution in [-0.2, 0) is 20.7 Å². The first-order valence-electron chi connectivity index (χ1n) is 17.5. The standard InChI is InChI=1S/C38H49N5O4/c44-35(32-10-12-33(13-11-32)43-20-6-7-21-43)41-38(18-4-5-19-38)37(46)40-34(26-29-8-2-1-3-9-29)36(45)39-27-30-14-22-42(23-15-30)28-31-16-24-47-25-17-31/h1-3,6-13,20-21,30-31,34H,4-5,14-19,22-28H2,(H,39,45)(H,40,46)(H,41,44)/t34-/m1/s1. The van der Waals surface area contributed by atoms with Crippen molar-refractivity contribution in [2.75, 3.05) is 39.4 Å². The van der Waals surface area contributed by atoms with Gasteiger partial charge in [0.25, 0.3) is 5.91 Å². The second kappa shape index (κ2) is 15.8. The average molecular weight is 640 g/mol. The third-order valence-electron chi connectivity index (χ3n) is 10.3. The Morgan fingerprint density at radius 2 is 1.51 bits per heavy atom. The Morgan fingerprint density at radius 3 is 2.19 bits per heavy atom. The van der Waals surface area contributed by atoms with E-state index in [0.29, 0.717) is 37.3 Å². The van der Waals surface area contributed by atoms with Gasteiger partial charge in [0.2, 0.25) is 11.8 Å². The minimum Gasteiger partial charge on any atom is -0.381 e. The van der Waals surface area contributed by atoms with Crippen molar-refractivity contribution < 1.29 is 19.1 Å². The normalized spacial score (nSPS) is 19.6. The van der Waals surface area contributed by atoms with Gasteiger partial charge < -0.3 is 30.2 Å². The Balaban J connectivity index is 1.07. The number of nitrogens with one attached hydrogen (secondary N) is 3. The quantitative estimate of drug-likeness (QED) is 0.271. The summed E-state index contributed by atoms with van der Waals surface area (Å²) in [5.41, 5.74) is 1.37. The fourth-order valence-corrected chi connectivity index (χ4v) is 7.36. The third-order valence-corrected chi connectivity index (χ3v) is 10.3. The molecule has 0 radical (unpaired) electrons. The minimum atomic E-state index is -1.05. The second-order valence-corrected chi connectivity index (χ2v) is 13.6. The van der Waals surface area contributed by atoms with Crippen molar-refractivity contribution in [1.29, 1.82) is 0 Å². The van der Waals surface area contributed by atoms with Crippen molar-refractivity contribution in [1.82, 2.24) is 25.4 Å². The Kier molecular flexibility index (Phi) is 11.1. The zero-order chi connectivity index (χ0) is 32.5. The van der Waals surface area contributed by atoms with E-state index in [0.717, 1.165) is 88.5 Å². The summed E-state index contributed by atoms with van der Waals surface area (Å²) in [5, 5.41) is 9.35. The fourth-order valence-electron chi connectivity index (χ4n) is 7.36. The van der Waals surface area contributed by atoms with Crippen LogP contribution in [-0.4, -0.2) is 78.2 Å². The monoisotopic (exact) mass is 639 g/mol. The molecule has 3 amide bonds. The number of carbonyl (C=O) groups excluding carboxylic acids is 3. The topological polar surface area (TPSA) is 105 Å². The lowest BCUT2D eigenvalue weighted by atomic mass is 9.93. The molecule has 1 aliphatic carbocycles. The maximum atomic E-state index is 14.0. The molecular formula is C38H49N5O4. The van der Waals surface area contributed by atoms with Crippen LogP contribution < -0.4 is 16.0 Å². The molecule has 2 saturated heterocycles. The molecule has 6 rings (SSSR count). The Morgan fingerprint density at radius 1 is 0.830 bits per heavy atom. The molecule has 3 aromatic rings. The Labute approximate surface area is 278 Å². The molecule has 1 saturated carbocycles. The molecule has 250 valence electrons. The number of piperidine rings is 1. The van der Waals surface area contributed by atoms with Gasteiger partial charge >= 0.3 is 0 Å². The number of nitrogens with zero attached hydrogens (tertiary/aromatic N) is 2. The number of amides is 3. The van der Waals surface area contributed by atoms with Gasteiger partial charge in [0.1, 0.15) is 11.6 Å². The van der Waals surface area contributed by atoms with Crippen LogP contribution in [0.25, 0.3) is 5.69 Å². The van der Waals surface area contributed by atoms with Crippen LogP contribution >= 0.6 is 0 Å². The largest absolute Gasteiger partial charge is 0.381 e. The van der Waals surface area contributed by atoms with E-state index in [-0.39, 0.29) is 17.7 Å². The Bertz CT molecular complexity index is 1440. The SMILES string of the molecule is O=C(NC1(C(=O)N[C@H](Cc2ccccc2)C(=O)NCC2CCN(CC3CCOCC3)CC2)CCCC1)c1ccc(-n2cccc2)cc1. The number of benzene rings is 2. The van der Waals surface area contributed by atoms with Crippen LogP contribution in [0.1, 0.15) is 67.3 Å². The summed E-state index contributed by atoms with van der Waals surface area (Å²) in [6.45, 7) is 5.62. The second-order valence-electron chi connectivity index (χ2n) is 13.6. The van der Waals surface area contributed by atoms with Crippen LogP contribution in [0.3, 0.4) is 0 Å². The van der Waals surface area contributed by atoms with Crippen molar-refractivity contribution in [2.45, 2.75) is 69.4 Å². The number of aromatic nitrogens is 1. The smallest absolute Gasteiger partial charge is 0.252 e. The summed E-state index contributed by atoms with van der Waals surface area (Å²) in [6, 6.07) is 20.3. The van der Waals surface area contributed by atoms with Crippen LogP contribution in [0, 0.1) is 11.8 Å². The van der Waals surface area contributed by atoms with E-state index in [1.54, 1.807) is 12.1 Å². The molecule has 2 aliphatic heterocycles. The molecule has 47 heavy (non-hydrogen) atoms. The van der Waals surface area contributed by atoms with Crippen molar-refractivity contribution in [3.63, 3.8) is 0 Å². The van der Waals surface area contributed by atoms with Gasteiger partial charge in [0.05, 0.1) is 0 Å². The zero-order valence-corrected chi connectivity index (χ0v) is 27.4. The molecule has 3 fully saturated rings. The molecule has 2 aromatic carbocycles. The first-order chi connectivity index (χ1) is 23.0. The minimum absolute atomic E-state index is 0.174. The van der Waals surface area contributed by atoms with Gasteiger partial charge in [-0.2, -0.15) is 0 Å². The predicted molar refractivity (Wildman–Crippen MR) is 182 cm³/mol. The number of hydrogen-bond donors (Lipinski definition) is 3. The first-order valence-corrected chi connectivity index (χ1v) is 17.5. The highest BCUT2D eigenvalue weighted by Gasteiger charge is 2.44. The molecular weight excluding hydrogens is 590 g/mol. The molecule has 0 unspecified atom stereocenters. The molecule has 3 aliphatic rings. The van der Waals surface area contributed by atoms with Gasteiger partial charge in [-0.1, -0.05) is 43.2 Å². The highest BCUT2D eigenvalue weighted by Crippen LogP contribution is 2.31. The maximum Gasteiger partial charge on any atom is 0.252 e. The zero-order valence-electron chi connectivity index (χ0n) is 27.4. The number of rotatable bonds is 12. The lowest BCUT2D eigenvalue weighted by molar-refractivity contribution is -0.132. The van der Waals surface area contributed by atoms with Crippen LogP contribution in [0.2, 0.25) is 0 Å². The van der Waals surface area contributed by atoms with Gasteiger partial charge in [0, 0.05) is 56.4 Å². The highest BCUT2D eigenvalue weighted by molar-refractivity contribution is 6.00. The summed E-state index contributed by atoms with van der Waals surface area (Å²) in [7, 11) is 0.